The summed E-state index contributed by atoms with van der Waals surface area (Å²) in [6.07, 6.45) is 1.09. The highest BCUT2D eigenvalue weighted by atomic mass is 35.5. The summed E-state index contributed by atoms with van der Waals surface area (Å²) in [4.78, 5) is 2.50. The summed E-state index contributed by atoms with van der Waals surface area (Å²) in [7, 11) is 0. The first-order chi connectivity index (χ1) is 9.08. The molecule has 2 nitrogen and oxygen atoms in total. The Balaban J connectivity index is 0.00000200. The van der Waals surface area contributed by atoms with E-state index in [4.69, 9.17) is 0 Å². The van der Waals surface area contributed by atoms with E-state index in [-0.39, 0.29) is 18.2 Å². The topological polar surface area (TPSA) is 15.3 Å². The van der Waals surface area contributed by atoms with Crippen LogP contribution in [-0.2, 0) is 0 Å². The number of halogens is 2. The van der Waals surface area contributed by atoms with E-state index in [1.165, 1.54) is 5.56 Å². The number of piperazine rings is 1. The molecule has 0 aliphatic carbocycles. The molecular weight excluding hydrogens is 275 g/mol. The molecule has 1 heterocycles. The molecule has 0 unspecified atom stereocenters. The van der Waals surface area contributed by atoms with Crippen molar-refractivity contribution in [2.75, 3.05) is 26.2 Å². The first kappa shape index (κ1) is 17.4. The quantitative estimate of drug-likeness (QED) is 0.915. The van der Waals surface area contributed by atoms with E-state index in [2.05, 4.69) is 31.0 Å². The Bertz CT molecular complexity index is 417. The van der Waals surface area contributed by atoms with Crippen molar-refractivity contribution < 1.29 is 4.39 Å². The highest BCUT2D eigenvalue weighted by Gasteiger charge is 2.24. The van der Waals surface area contributed by atoms with Gasteiger partial charge in [-0.25, -0.2) is 4.39 Å². The average Bonchev–Trinajstić information content (AvgIpc) is 2.40. The van der Waals surface area contributed by atoms with Crippen molar-refractivity contribution in [3.05, 3.63) is 35.1 Å². The SMILES string of the molecule is Cc1ccc(F)cc1[C@H](CC(C)C)N1CCNCC1.Cl. The predicted octanol–water partition coefficient (Wildman–Crippen LogP) is 3.55. The number of rotatable bonds is 4. The van der Waals surface area contributed by atoms with Crippen molar-refractivity contribution >= 4 is 12.4 Å². The molecule has 114 valence electrons. The maximum absolute atomic E-state index is 13.6. The van der Waals surface area contributed by atoms with Crippen molar-refractivity contribution in [3.63, 3.8) is 0 Å². The number of nitrogens with one attached hydrogen (secondary N) is 1. The maximum atomic E-state index is 13.6. The fraction of sp³-hybridized carbons (Fsp3) is 0.625. The van der Waals surface area contributed by atoms with E-state index in [1.54, 1.807) is 12.1 Å². The molecule has 0 bridgehead atoms. The highest BCUT2D eigenvalue weighted by Crippen LogP contribution is 2.30. The van der Waals surface area contributed by atoms with Gasteiger partial charge in [-0.15, -0.1) is 12.4 Å². The molecule has 1 aliphatic rings. The summed E-state index contributed by atoms with van der Waals surface area (Å²) in [6.45, 7) is 10.7. The molecule has 4 heteroatoms. The maximum Gasteiger partial charge on any atom is 0.123 e. The van der Waals surface area contributed by atoms with E-state index in [0.717, 1.165) is 38.2 Å². The van der Waals surface area contributed by atoms with Crippen LogP contribution in [0.4, 0.5) is 4.39 Å². The van der Waals surface area contributed by atoms with Gasteiger partial charge in [0.05, 0.1) is 0 Å². The van der Waals surface area contributed by atoms with Crippen molar-refractivity contribution in [3.8, 4) is 0 Å². The Morgan fingerprint density at radius 1 is 1.25 bits per heavy atom. The Hall–Kier alpha value is -0.640. The number of aryl methyl sites for hydroxylation is 1. The third-order valence-corrected chi connectivity index (χ3v) is 3.89. The molecule has 2 rings (SSSR count). The van der Waals surface area contributed by atoms with Gasteiger partial charge < -0.3 is 5.32 Å². The van der Waals surface area contributed by atoms with Crippen LogP contribution < -0.4 is 5.32 Å². The van der Waals surface area contributed by atoms with Crippen LogP contribution in [0, 0.1) is 18.7 Å². The Morgan fingerprint density at radius 2 is 1.90 bits per heavy atom. The second-order valence-corrected chi connectivity index (χ2v) is 5.93. The molecule has 0 spiro atoms. The van der Waals surface area contributed by atoms with Crippen LogP contribution in [0.5, 0.6) is 0 Å². The van der Waals surface area contributed by atoms with Crippen LogP contribution in [0.3, 0.4) is 0 Å². The van der Waals surface area contributed by atoms with Gasteiger partial charge >= 0.3 is 0 Å². The molecule has 0 aromatic heterocycles. The van der Waals surface area contributed by atoms with E-state index in [1.807, 2.05) is 6.07 Å². The molecule has 0 saturated carbocycles. The zero-order chi connectivity index (χ0) is 13.8. The minimum atomic E-state index is -0.121. The molecule has 1 aromatic rings. The molecule has 1 saturated heterocycles. The lowest BCUT2D eigenvalue weighted by Crippen LogP contribution is -2.45. The number of nitrogens with zero attached hydrogens (tertiary/aromatic N) is 1. The van der Waals surface area contributed by atoms with Gasteiger partial charge in [0.15, 0.2) is 0 Å². The lowest BCUT2D eigenvalue weighted by atomic mass is 9.92. The van der Waals surface area contributed by atoms with Gasteiger partial charge in [0.2, 0.25) is 0 Å². The van der Waals surface area contributed by atoms with Crippen LogP contribution in [0.15, 0.2) is 18.2 Å². The smallest absolute Gasteiger partial charge is 0.123 e. The number of benzene rings is 1. The lowest BCUT2D eigenvalue weighted by Gasteiger charge is -2.37. The van der Waals surface area contributed by atoms with E-state index in [0.29, 0.717) is 12.0 Å². The predicted molar refractivity (Wildman–Crippen MR) is 85.0 cm³/mol. The molecule has 1 N–H and O–H groups in total. The van der Waals surface area contributed by atoms with Gasteiger partial charge in [-0.05, 0) is 42.5 Å². The van der Waals surface area contributed by atoms with Crippen LogP contribution in [-0.4, -0.2) is 31.1 Å². The average molecular weight is 301 g/mol. The van der Waals surface area contributed by atoms with Gasteiger partial charge in [-0.3, -0.25) is 4.90 Å². The molecule has 0 amide bonds. The Morgan fingerprint density at radius 3 is 2.50 bits per heavy atom. The van der Waals surface area contributed by atoms with Crippen molar-refractivity contribution in [1.29, 1.82) is 0 Å². The third-order valence-electron chi connectivity index (χ3n) is 3.89. The number of hydrogen-bond acceptors (Lipinski definition) is 2. The van der Waals surface area contributed by atoms with E-state index < -0.39 is 0 Å². The largest absolute Gasteiger partial charge is 0.314 e. The van der Waals surface area contributed by atoms with Crippen LogP contribution in [0.2, 0.25) is 0 Å². The van der Waals surface area contributed by atoms with Gasteiger partial charge in [0.1, 0.15) is 5.82 Å². The molecule has 1 atom stereocenters. The minimum absolute atomic E-state index is 0. The molecule has 20 heavy (non-hydrogen) atoms. The fourth-order valence-electron chi connectivity index (χ4n) is 2.88. The lowest BCUT2D eigenvalue weighted by molar-refractivity contribution is 0.153. The summed E-state index contributed by atoms with van der Waals surface area (Å²) < 4.78 is 13.6. The first-order valence-corrected chi connectivity index (χ1v) is 7.28. The normalized spacial score (nSPS) is 17.9. The second kappa shape index (κ2) is 7.96. The molecule has 1 aliphatic heterocycles. The monoisotopic (exact) mass is 300 g/mol. The van der Waals surface area contributed by atoms with Crippen molar-refractivity contribution in [1.82, 2.24) is 10.2 Å². The van der Waals surface area contributed by atoms with Crippen LogP contribution in [0.25, 0.3) is 0 Å². The van der Waals surface area contributed by atoms with Crippen LogP contribution in [0.1, 0.15) is 37.4 Å². The van der Waals surface area contributed by atoms with Gasteiger partial charge in [0.25, 0.3) is 0 Å². The zero-order valence-corrected chi connectivity index (χ0v) is 13.5. The summed E-state index contributed by atoms with van der Waals surface area (Å²) in [5.74, 6) is 0.493. The molecule has 1 aromatic carbocycles. The van der Waals surface area contributed by atoms with Gasteiger partial charge in [-0.1, -0.05) is 19.9 Å². The molecular formula is C16H26ClFN2. The third kappa shape index (κ3) is 4.44. The highest BCUT2D eigenvalue weighted by molar-refractivity contribution is 5.85. The number of hydrogen-bond donors (Lipinski definition) is 1. The van der Waals surface area contributed by atoms with Gasteiger partial charge in [-0.2, -0.15) is 0 Å². The molecule has 0 radical (unpaired) electrons. The van der Waals surface area contributed by atoms with E-state index in [9.17, 15) is 4.39 Å². The second-order valence-electron chi connectivity index (χ2n) is 5.93. The summed E-state index contributed by atoms with van der Waals surface area (Å²) in [5, 5.41) is 3.38. The van der Waals surface area contributed by atoms with Crippen molar-refractivity contribution in [2.45, 2.75) is 33.2 Å². The minimum Gasteiger partial charge on any atom is -0.314 e. The summed E-state index contributed by atoms with van der Waals surface area (Å²) in [5.41, 5.74) is 2.36. The molecule has 1 fully saturated rings. The fourth-order valence-corrected chi connectivity index (χ4v) is 2.88. The summed E-state index contributed by atoms with van der Waals surface area (Å²) in [6, 6.07) is 5.53. The standard InChI is InChI=1S/C16H25FN2.ClH/c1-12(2)10-16(19-8-6-18-7-9-19)15-11-14(17)5-4-13(15)3;/h4-5,11-12,16,18H,6-10H2,1-3H3;1H/t16-;/m0./s1. The Kier molecular flexibility index (Phi) is 6.93. The van der Waals surface area contributed by atoms with Gasteiger partial charge in [0, 0.05) is 32.2 Å². The van der Waals surface area contributed by atoms with E-state index >= 15 is 0 Å². The first-order valence-electron chi connectivity index (χ1n) is 7.28. The van der Waals surface area contributed by atoms with Crippen molar-refractivity contribution in [2.24, 2.45) is 5.92 Å². The Labute approximate surface area is 128 Å². The summed E-state index contributed by atoms with van der Waals surface area (Å²) >= 11 is 0. The zero-order valence-electron chi connectivity index (χ0n) is 12.7. The van der Waals surface area contributed by atoms with Crippen LogP contribution >= 0.6 is 12.4 Å².